The molecule has 2 aromatic rings. The number of Topliss-reactive ketones (excluding diaryl/α,β-unsaturated/α-hetero) is 1. The summed E-state index contributed by atoms with van der Waals surface area (Å²) in [6.07, 6.45) is 0. The summed E-state index contributed by atoms with van der Waals surface area (Å²) in [5, 5.41) is 11.2. The number of benzene rings is 2. The first-order valence-electron chi connectivity index (χ1n) is 11.0. The third-order valence-electron chi connectivity index (χ3n) is 6.14. The second-order valence-electron chi connectivity index (χ2n) is 8.07. The van der Waals surface area contributed by atoms with E-state index in [4.69, 9.17) is 14.2 Å². The van der Waals surface area contributed by atoms with E-state index >= 15 is 0 Å². The van der Waals surface area contributed by atoms with Crippen molar-refractivity contribution in [3.8, 4) is 11.5 Å². The molecule has 1 atom stereocenters. The number of likely N-dealkylation sites (tertiary alicyclic amines) is 1. The zero-order valence-corrected chi connectivity index (χ0v) is 19.1. The van der Waals surface area contributed by atoms with Gasteiger partial charge in [-0.05, 0) is 35.9 Å². The minimum atomic E-state index is -0.852. The summed E-state index contributed by atoms with van der Waals surface area (Å²) in [5.41, 5.74) is 0.784. The first-order chi connectivity index (χ1) is 16.4. The molecule has 8 nitrogen and oxygen atoms in total. The number of carbonyl (C=O) groups excluding carboxylic acids is 2. The van der Waals surface area contributed by atoms with Gasteiger partial charge in [-0.1, -0.05) is 12.1 Å². The van der Waals surface area contributed by atoms with Crippen molar-refractivity contribution in [2.45, 2.75) is 6.04 Å². The molecule has 0 aromatic heterocycles. The number of ether oxygens (including phenoxy) is 3. The van der Waals surface area contributed by atoms with Gasteiger partial charge in [0.05, 0.1) is 39.0 Å². The minimum Gasteiger partial charge on any atom is -0.507 e. The molecule has 4 rings (SSSR count). The van der Waals surface area contributed by atoms with E-state index in [0.29, 0.717) is 42.4 Å². The quantitative estimate of drug-likeness (QED) is 0.378. The highest BCUT2D eigenvalue weighted by molar-refractivity contribution is 6.46. The molecule has 2 heterocycles. The van der Waals surface area contributed by atoms with Gasteiger partial charge in [0.25, 0.3) is 11.7 Å². The number of methoxy groups -OCH3 is 2. The van der Waals surface area contributed by atoms with Gasteiger partial charge in [0.1, 0.15) is 11.6 Å². The average molecular weight is 470 g/mol. The van der Waals surface area contributed by atoms with E-state index < -0.39 is 23.5 Å². The van der Waals surface area contributed by atoms with Crippen LogP contribution in [0.3, 0.4) is 0 Å². The van der Waals surface area contributed by atoms with Crippen molar-refractivity contribution < 1.29 is 33.3 Å². The molecule has 1 unspecified atom stereocenters. The van der Waals surface area contributed by atoms with E-state index in [-0.39, 0.29) is 17.9 Å². The normalized spacial score (nSPS) is 20.6. The molecule has 2 aliphatic heterocycles. The lowest BCUT2D eigenvalue weighted by molar-refractivity contribution is -0.140. The molecular formula is C25H27FN2O6. The maximum Gasteiger partial charge on any atom is 0.295 e. The van der Waals surface area contributed by atoms with E-state index in [1.54, 1.807) is 12.1 Å². The number of aliphatic hydroxyl groups excluding tert-OH is 1. The number of carbonyl (C=O) groups is 2. The molecule has 0 bridgehead atoms. The van der Waals surface area contributed by atoms with Crippen LogP contribution in [0.15, 0.2) is 48.0 Å². The van der Waals surface area contributed by atoms with Gasteiger partial charge in [-0.15, -0.1) is 0 Å². The van der Waals surface area contributed by atoms with Crippen molar-refractivity contribution in [3.63, 3.8) is 0 Å². The Kier molecular flexibility index (Phi) is 7.14. The number of amides is 1. The van der Waals surface area contributed by atoms with Gasteiger partial charge in [0.15, 0.2) is 11.5 Å². The molecule has 34 heavy (non-hydrogen) atoms. The summed E-state index contributed by atoms with van der Waals surface area (Å²) in [5.74, 6) is -1.43. The van der Waals surface area contributed by atoms with Crippen molar-refractivity contribution in [2.75, 3.05) is 53.6 Å². The molecule has 9 heteroatoms. The number of ketones is 1. The van der Waals surface area contributed by atoms with E-state index in [1.165, 1.54) is 49.5 Å². The summed E-state index contributed by atoms with van der Waals surface area (Å²) in [7, 11) is 2.96. The van der Waals surface area contributed by atoms with Crippen molar-refractivity contribution in [3.05, 3.63) is 65.0 Å². The number of halogens is 1. The third-order valence-corrected chi connectivity index (χ3v) is 6.14. The number of hydrogen-bond donors (Lipinski definition) is 1. The van der Waals surface area contributed by atoms with Gasteiger partial charge in [-0.3, -0.25) is 14.5 Å². The van der Waals surface area contributed by atoms with Crippen LogP contribution in [0.25, 0.3) is 5.76 Å². The number of hydrogen-bond acceptors (Lipinski definition) is 7. The Balaban J connectivity index is 1.75. The van der Waals surface area contributed by atoms with Crippen LogP contribution in [0.1, 0.15) is 17.2 Å². The van der Waals surface area contributed by atoms with Crippen molar-refractivity contribution in [1.82, 2.24) is 9.80 Å². The van der Waals surface area contributed by atoms with Gasteiger partial charge in [-0.2, -0.15) is 0 Å². The predicted octanol–water partition coefficient (Wildman–Crippen LogP) is 2.60. The summed E-state index contributed by atoms with van der Waals surface area (Å²) in [4.78, 5) is 29.8. The number of morpholine rings is 1. The monoisotopic (exact) mass is 470 g/mol. The van der Waals surface area contributed by atoms with Gasteiger partial charge in [0.2, 0.25) is 0 Å². The highest BCUT2D eigenvalue weighted by atomic mass is 19.1. The molecule has 2 fully saturated rings. The Hall–Kier alpha value is -3.43. The van der Waals surface area contributed by atoms with Crippen molar-refractivity contribution >= 4 is 17.4 Å². The fraction of sp³-hybridized carbons (Fsp3) is 0.360. The van der Waals surface area contributed by atoms with Crippen LogP contribution in [0.2, 0.25) is 0 Å². The van der Waals surface area contributed by atoms with E-state index in [9.17, 15) is 19.1 Å². The van der Waals surface area contributed by atoms with E-state index in [1.807, 2.05) is 0 Å². The first kappa shape index (κ1) is 23.7. The molecule has 2 saturated heterocycles. The second-order valence-corrected chi connectivity index (χ2v) is 8.07. The van der Waals surface area contributed by atoms with Crippen molar-refractivity contribution in [2.24, 2.45) is 0 Å². The summed E-state index contributed by atoms with van der Waals surface area (Å²) in [6.45, 7) is 3.51. The molecule has 2 aromatic carbocycles. The summed E-state index contributed by atoms with van der Waals surface area (Å²) >= 11 is 0. The lowest BCUT2D eigenvalue weighted by Gasteiger charge is -2.31. The first-order valence-corrected chi connectivity index (χ1v) is 11.0. The molecule has 0 spiro atoms. The molecule has 0 saturated carbocycles. The maximum atomic E-state index is 13.6. The highest BCUT2D eigenvalue weighted by Gasteiger charge is 2.46. The zero-order valence-electron chi connectivity index (χ0n) is 19.1. The Morgan fingerprint density at radius 2 is 1.71 bits per heavy atom. The fourth-order valence-corrected chi connectivity index (χ4v) is 4.32. The molecular weight excluding hydrogens is 443 g/mol. The van der Waals surface area contributed by atoms with Crippen LogP contribution >= 0.6 is 0 Å². The van der Waals surface area contributed by atoms with E-state index in [2.05, 4.69) is 4.90 Å². The number of rotatable bonds is 7. The predicted molar refractivity (Wildman–Crippen MR) is 122 cm³/mol. The van der Waals surface area contributed by atoms with E-state index in [0.717, 1.165) is 13.1 Å². The minimum absolute atomic E-state index is 0.0502. The Bertz CT molecular complexity index is 1100. The number of nitrogens with zero attached hydrogens (tertiary/aromatic N) is 2. The Morgan fingerprint density at radius 3 is 2.35 bits per heavy atom. The van der Waals surface area contributed by atoms with Crippen LogP contribution in [-0.2, 0) is 14.3 Å². The average Bonchev–Trinajstić information content (AvgIpc) is 3.12. The molecule has 0 aliphatic carbocycles. The van der Waals surface area contributed by atoms with Crippen LogP contribution in [0.5, 0.6) is 11.5 Å². The molecule has 180 valence electrons. The molecule has 1 amide bonds. The van der Waals surface area contributed by atoms with Crippen LogP contribution in [0, 0.1) is 5.82 Å². The Morgan fingerprint density at radius 1 is 1.03 bits per heavy atom. The summed E-state index contributed by atoms with van der Waals surface area (Å²) < 4.78 is 29.6. The van der Waals surface area contributed by atoms with Gasteiger partial charge in [-0.25, -0.2) is 4.39 Å². The lowest BCUT2D eigenvalue weighted by atomic mass is 9.95. The van der Waals surface area contributed by atoms with Gasteiger partial charge >= 0.3 is 0 Å². The largest absolute Gasteiger partial charge is 0.507 e. The Labute approximate surface area is 197 Å². The smallest absolute Gasteiger partial charge is 0.295 e. The standard InChI is InChI=1S/C25H27FN2O6/c1-32-19-8-5-17(15-20(19)33-2)23(29)21-22(16-3-6-18(26)7-4-16)28(25(31)24(21)30)10-9-27-11-13-34-14-12-27/h3-8,15,22,29H,9-14H2,1-2H3. The SMILES string of the molecule is COc1ccc(C(O)=C2C(=O)C(=O)N(CCN3CCOCC3)C2c2ccc(F)cc2)cc1OC. The summed E-state index contributed by atoms with van der Waals surface area (Å²) in [6, 6.07) is 9.47. The fourth-order valence-electron chi connectivity index (χ4n) is 4.32. The van der Waals surface area contributed by atoms with Crippen LogP contribution in [0.4, 0.5) is 4.39 Å². The number of aliphatic hydroxyl groups is 1. The zero-order chi connectivity index (χ0) is 24.2. The van der Waals surface area contributed by atoms with Crippen LogP contribution in [-0.4, -0.2) is 80.2 Å². The van der Waals surface area contributed by atoms with Gasteiger partial charge < -0.3 is 24.2 Å². The van der Waals surface area contributed by atoms with Gasteiger partial charge in [0, 0.05) is 31.7 Å². The highest BCUT2D eigenvalue weighted by Crippen LogP contribution is 2.40. The maximum absolute atomic E-state index is 13.6. The second kappa shape index (κ2) is 10.2. The van der Waals surface area contributed by atoms with Crippen LogP contribution < -0.4 is 9.47 Å². The van der Waals surface area contributed by atoms with Crippen molar-refractivity contribution in [1.29, 1.82) is 0 Å². The topological polar surface area (TPSA) is 88.5 Å². The lowest BCUT2D eigenvalue weighted by Crippen LogP contribution is -2.42. The molecule has 1 N–H and O–H groups in total. The molecule has 0 radical (unpaired) electrons. The molecule has 2 aliphatic rings. The third kappa shape index (κ3) is 4.62.